The molecule has 1 fully saturated rings. The molecule has 6 heteroatoms. The zero-order chi connectivity index (χ0) is 27.1. The van der Waals surface area contributed by atoms with Gasteiger partial charge >= 0.3 is 0 Å². The molecule has 0 saturated heterocycles. The van der Waals surface area contributed by atoms with E-state index < -0.39 is 23.5 Å². The van der Waals surface area contributed by atoms with Crippen LogP contribution >= 0.6 is 0 Å². The highest BCUT2D eigenvalue weighted by Gasteiger charge is 2.28. The molecule has 0 aromatic rings. The molecule has 1 rings (SSSR count). The van der Waals surface area contributed by atoms with Crippen molar-refractivity contribution < 1.29 is 18.4 Å². The number of halogens is 2. The van der Waals surface area contributed by atoms with Crippen LogP contribution < -0.4 is 10.6 Å². The molecule has 0 heterocycles. The van der Waals surface area contributed by atoms with Gasteiger partial charge in [0.25, 0.3) is 11.8 Å². The number of nitrogens with one attached hydrogen (secondary N) is 2. The molecule has 214 valence electrons. The van der Waals surface area contributed by atoms with Gasteiger partial charge in [-0.2, -0.15) is 0 Å². The minimum Gasteiger partial charge on any atom is -0.347 e. The molecule has 4 nitrogen and oxygen atoms in total. The molecule has 1 saturated carbocycles. The van der Waals surface area contributed by atoms with Gasteiger partial charge in [0.2, 0.25) is 0 Å². The van der Waals surface area contributed by atoms with Crippen molar-refractivity contribution in [3.8, 4) is 0 Å². The van der Waals surface area contributed by atoms with Crippen molar-refractivity contribution >= 4 is 11.8 Å². The zero-order valence-corrected chi connectivity index (χ0v) is 23.7. The second-order valence-electron chi connectivity index (χ2n) is 10.8. The predicted molar refractivity (Wildman–Crippen MR) is 151 cm³/mol. The molecule has 0 aromatic heterocycles. The standard InChI is InChI=1S/C31H54F2N2O2/c1-3-5-7-9-11-13-14-16-18-20-22-29(33)31(37)35-27-24-23-26(25-27)34-30(36)28(32)21-19-17-15-12-10-8-6-4-2/h21-22,26-27H,3-20,23-25H2,1-2H3,(H,34,36)(H,35,37). The highest BCUT2D eigenvalue weighted by molar-refractivity contribution is 5.92. The first-order valence-corrected chi connectivity index (χ1v) is 15.3. The number of carbonyl (C=O) groups is 2. The van der Waals surface area contributed by atoms with E-state index in [0.29, 0.717) is 32.1 Å². The molecular weight excluding hydrogens is 470 g/mol. The van der Waals surface area contributed by atoms with Crippen LogP contribution in [0.1, 0.15) is 149 Å². The fourth-order valence-corrected chi connectivity index (χ4v) is 4.95. The summed E-state index contributed by atoms with van der Waals surface area (Å²) in [6.07, 6.45) is 24.6. The molecule has 2 amide bonds. The minimum atomic E-state index is -0.732. The molecule has 1 aliphatic rings. The Balaban J connectivity index is 2.16. The lowest BCUT2D eigenvalue weighted by molar-refractivity contribution is -0.119. The van der Waals surface area contributed by atoms with E-state index in [9.17, 15) is 18.4 Å². The van der Waals surface area contributed by atoms with E-state index in [2.05, 4.69) is 24.5 Å². The molecule has 0 radical (unpaired) electrons. The summed E-state index contributed by atoms with van der Waals surface area (Å²) in [4.78, 5) is 24.3. The van der Waals surface area contributed by atoms with E-state index in [1.54, 1.807) is 0 Å². The Hall–Kier alpha value is -1.72. The van der Waals surface area contributed by atoms with Crippen LogP contribution in [0.4, 0.5) is 8.78 Å². The first kappa shape index (κ1) is 33.3. The molecule has 2 N–H and O–H groups in total. The summed E-state index contributed by atoms with van der Waals surface area (Å²) in [6.45, 7) is 4.41. The largest absolute Gasteiger partial charge is 0.347 e. The molecule has 2 unspecified atom stereocenters. The van der Waals surface area contributed by atoms with Crippen LogP contribution in [-0.4, -0.2) is 23.9 Å². The molecule has 37 heavy (non-hydrogen) atoms. The Bertz CT molecular complexity index is 678. The molecule has 0 spiro atoms. The highest BCUT2D eigenvalue weighted by atomic mass is 19.1. The monoisotopic (exact) mass is 524 g/mol. The van der Waals surface area contributed by atoms with Crippen molar-refractivity contribution in [2.75, 3.05) is 0 Å². The lowest BCUT2D eigenvalue weighted by Crippen LogP contribution is -2.37. The third kappa shape index (κ3) is 17.4. The summed E-state index contributed by atoms with van der Waals surface area (Å²) < 4.78 is 28.3. The number of hydrogen-bond donors (Lipinski definition) is 2. The van der Waals surface area contributed by atoms with Gasteiger partial charge in [0.15, 0.2) is 11.7 Å². The Labute approximate surface area is 225 Å². The summed E-state index contributed by atoms with van der Waals surface area (Å²) >= 11 is 0. The van der Waals surface area contributed by atoms with Gasteiger partial charge in [-0.1, -0.05) is 104 Å². The maximum atomic E-state index is 14.2. The van der Waals surface area contributed by atoms with Crippen LogP contribution in [-0.2, 0) is 9.59 Å². The Morgan fingerprint density at radius 1 is 0.595 bits per heavy atom. The van der Waals surface area contributed by atoms with Crippen LogP contribution in [0.2, 0.25) is 0 Å². The minimum absolute atomic E-state index is 0.204. The molecule has 0 aromatic carbocycles. The van der Waals surface area contributed by atoms with Crippen LogP contribution in [0, 0.1) is 0 Å². The van der Waals surface area contributed by atoms with Gasteiger partial charge in [0, 0.05) is 12.1 Å². The van der Waals surface area contributed by atoms with E-state index in [1.807, 2.05) is 0 Å². The van der Waals surface area contributed by atoms with E-state index >= 15 is 0 Å². The topological polar surface area (TPSA) is 58.2 Å². The fourth-order valence-electron chi connectivity index (χ4n) is 4.95. The summed E-state index contributed by atoms with van der Waals surface area (Å²) in [5.41, 5.74) is 0. The molecule has 0 aliphatic heterocycles. The quantitative estimate of drug-likeness (QED) is 0.110. The first-order valence-electron chi connectivity index (χ1n) is 15.3. The predicted octanol–water partition coefficient (Wildman–Crippen LogP) is 8.91. The second kappa shape index (κ2) is 22.3. The lowest BCUT2D eigenvalue weighted by atomic mass is 10.1. The van der Waals surface area contributed by atoms with Crippen LogP contribution in [0.15, 0.2) is 23.8 Å². The third-order valence-corrected chi connectivity index (χ3v) is 7.30. The fraction of sp³-hybridized carbons (Fsp3) is 0.806. The molecule has 2 atom stereocenters. The number of allylic oxidation sites excluding steroid dienone is 2. The maximum Gasteiger partial charge on any atom is 0.279 e. The van der Waals surface area contributed by atoms with Crippen molar-refractivity contribution in [1.29, 1.82) is 0 Å². The van der Waals surface area contributed by atoms with Gasteiger partial charge in [-0.3, -0.25) is 9.59 Å². The molecular formula is C31H54F2N2O2. The van der Waals surface area contributed by atoms with Crippen LogP contribution in [0.3, 0.4) is 0 Å². The van der Waals surface area contributed by atoms with Gasteiger partial charge in [-0.15, -0.1) is 0 Å². The number of unbranched alkanes of at least 4 members (excludes halogenated alkanes) is 16. The van der Waals surface area contributed by atoms with Gasteiger partial charge < -0.3 is 10.6 Å². The number of rotatable bonds is 22. The smallest absolute Gasteiger partial charge is 0.279 e. The van der Waals surface area contributed by atoms with Crippen molar-refractivity contribution in [3.63, 3.8) is 0 Å². The van der Waals surface area contributed by atoms with Gasteiger partial charge in [-0.05, 0) is 57.1 Å². The zero-order valence-electron chi connectivity index (χ0n) is 23.7. The average Bonchev–Trinajstić information content (AvgIpc) is 3.32. The Kier molecular flexibility index (Phi) is 20.1. The summed E-state index contributed by atoms with van der Waals surface area (Å²) in [5.74, 6) is -2.84. The van der Waals surface area contributed by atoms with E-state index in [0.717, 1.165) is 38.5 Å². The van der Waals surface area contributed by atoms with Gasteiger partial charge in [0.05, 0.1) is 0 Å². The first-order chi connectivity index (χ1) is 18.0. The van der Waals surface area contributed by atoms with E-state index in [-0.39, 0.29) is 12.1 Å². The van der Waals surface area contributed by atoms with Crippen molar-refractivity contribution in [1.82, 2.24) is 10.6 Å². The Morgan fingerprint density at radius 2 is 0.919 bits per heavy atom. The van der Waals surface area contributed by atoms with Crippen molar-refractivity contribution in [2.24, 2.45) is 0 Å². The summed E-state index contributed by atoms with van der Waals surface area (Å²) in [5, 5.41) is 5.44. The summed E-state index contributed by atoms with van der Waals surface area (Å²) in [6, 6.07) is -0.408. The van der Waals surface area contributed by atoms with Crippen LogP contribution in [0.5, 0.6) is 0 Å². The SMILES string of the molecule is CCCCCCCCCC=C(F)C(=O)NC1CCC(NC(=O)C(F)=CCCCCCCCCCCC)C1. The summed E-state index contributed by atoms with van der Waals surface area (Å²) in [7, 11) is 0. The van der Waals surface area contributed by atoms with Gasteiger partial charge in [0.1, 0.15) is 0 Å². The number of carbonyl (C=O) groups excluding carboxylic acids is 2. The lowest BCUT2D eigenvalue weighted by Gasteiger charge is -2.14. The van der Waals surface area contributed by atoms with Crippen LogP contribution in [0.25, 0.3) is 0 Å². The normalized spacial score (nSPS) is 18.3. The molecule has 1 aliphatic carbocycles. The molecule has 0 bridgehead atoms. The van der Waals surface area contributed by atoms with E-state index in [1.165, 1.54) is 76.4 Å². The second-order valence-corrected chi connectivity index (χ2v) is 10.8. The highest BCUT2D eigenvalue weighted by Crippen LogP contribution is 2.21. The average molecular weight is 525 g/mol. The van der Waals surface area contributed by atoms with Crippen molar-refractivity contribution in [2.45, 2.75) is 161 Å². The van der Waals surface area contributed by atoms with E-state index in [4.69, 9.17) is 0 Å². The maximum absolute atomic E-state index is 14.2. The third-order valence-electron chi connectivity index (χ3n) is 7.30. The van der Waals surface area contributed by atoms with Crippen molar-refractivity contribution in [3.05, 3.63) is 23.8 Å². The number of hydrogen-bond acceptors (Lipinski definition) is 2. The van der Waals surface area contributed by atoms with Gasteiger partial charge in [-0.25, -0.2) is 8.78 Å². The number of amides is 2. The Morgan fingerprint density at radius 3 is 1.27 bits per heavy atom.